The molecule has 2 N–H and O–H groups in total. The molecule has 1 aromatic carbocycles. The molecule has 1 saturated heterocycles. The Bertz CT molecular complexity index is 577. The van der Waals surface area contributed by atoms with Crippen LogP contribution in [-0.2, 0) is 11.3 Å². The van der Waals surface area contributed by atoms with Crippen molar-refractivity contribution in [3.8, 4) is 0 Å². The minimum atomic E-state index is -0.184. The van der Waals surface area contributed by atoms with Crippen LogP contribution < -0.4 is 10.6 Å². The molecule has 1 amide bonds. The third-order valence-electron chi connectivity index (χ3n) is 5.82. The van der Waals surface area contributed by atoms with E-state index in [0.717, 1.165) is 44.5 Å². The van der Waals surface area contributed by atoms with Gasteiger partial charge in [-0.05, 0) is 55.8 Å². The van der Waals surface area contributed by atoms with Crippen LogP contribution in [0.2, 0.25) is 0 Å². The van der Waals surface area contributed by atoms with E-state index in [1.54, 1.807) is 0 Å². The zero-order valence-electron chi connectivity index (χ0n) is 15.3. The maximum atomic E-state index is 13.1. The zero-order valence-corrected chi connectivity index (χ0v) is 15.3. The number of nitrogens with one attached hydrogen (secondary N) is 2. The molecule has 138 valence electrons. The fourth-order valence-corrected chi connectivity index (χ4v) is 4.49. The van der Waals surface area contributed by atoms with E-state index in [0.29, 0.717) is 17.9 Å². The first kappa shape index (κ1) is 18.3. The molecule has 2 fully saturated rings. The number of rotatable bonds is 7. The molecule has 1 aliphatic carbocycles. The third-order valence-corrected chi connectivity index (χ3v) is 5.82. The first-order chi connectivity index (χ1) is 12.1. The van der Waals surface area contributed by atoms with Crippen molar-refractivity contribution >= 4 is 5.91 Å². The van der Waals surface area contributed by atoms with E-state index in [9.17, 15) is 9.18 Å². The monoisotopic (exact) mass is 347 g/mol. The first-order valence-electron chi connectivity index (χ1n) is 9.55. The van der Waals surface area contributed by atoms with E-state index in [-0.39, 0.29) is 17.8 Å². The summed E-state index contributed by atoms with van der Waals surface area (Å²) in [5, 5.41) is 6.43. The molecule has 2 aliphatic rings. The van der Waals surface area contributed by atoms with Gasteiger partial charge in [0.2, 0.25) is 5.91 Å². The smallest absolute Gasteiger partial charge is 0.237 e. The summed E-state index contributed by atoms with van der Waals surface area (Å²) in [5.41, 5.74) is 1.15. The Morgan fingerprint density at radius 1 is 1.28 bits per heavy atom. The van der Waals surface area contributed by atoms with Crippen LogP contribution in [0, 0.1) is 17.7 Å². The molecular formula is C20H30FN3O. The van der Waals surface area contributed by atoms with E-state index in [4.69, 9.17) is 0 Å². The van der Waals surface area contributed by atoms with Crippen LogP contribution in [0.15, 0.2) is 24.3 Å². The van der Waals surface area contributed by atoms with Crippen molar-refractivity contribution in [3.63, 3.8) is 0 Å². The van der Waals surface area contributed by atoms with Crippen LogP contribution in [0.5, 0.6) is 0 Å². The maximum absolute atomic E-state index is 13.1. The van der Waals surface area contributed by atoms with Gasteiger partial charge in [0.25, 0.3) is 0 Å². The van der Waals surface area contributed by atoms with Gasteiger partial charge in [-0.15, -0.1) is 0 Å². The van der Waals surface area contributed by atoms with Crippen molar-refractivity contribution < 1.29 is 9.18 Å². The molecule has 1 saturated carbocycles. The van der Waals surface area contributed by atoms with Gasteiger partial charge in [0, 0.05) is 25.7 Å². The topological polar surface area (TPSA) is 44.4 Å². The number of carbonyl (C=O) groups is 1. The maximum Gasteiger partial charge on any atom is 0.237 e. The van der Waals surface area contributed by atoms with Gasteiger partial charge in [-0.2, -0.15) is 0 Å². The minimum absolute atomic E-state index is 0.0826. The van der Waals surface area contributed by atoms with Crippen LogP contribution in [0.25, 0.3) is 0 Å². The number of hydrogen-bond acceptors (Lipinski definition) is 3. The molecule has 1 heterocycles. The van der Waals surface area contributed by atoms with E-state index >= 15 is 0 Å². The van der Waals surface area contributed by atoms with Crippen LogP contribution in [0.3, 0.4) is 0 Å². The molecule has 4 atom stereocenters. The fourth-order valence-electron chi connectivity index (χ4n) is 4.49. The summed E-state index contributed by atoms with van der Waals surface area (Å²) in [6.07, 6.45) is 4.16. The molecule has 0 spiro atoms. The number of carbonyl (C=O) groups excluding carboxylic acids is 1. The van der Waals surface area contributed by atoms with E-state index in [1.807, 2.05) is 19.2 Å². The fraction of sp³-hybridized carbons (Fsp3) is 0.650. The largest absolute Gasteiger partial charge is 0.352 e. The molecule has 1 aliphatic heterocycles. The summed E-state index contributed by atoms with van der Waals surface area (Å²) in [5.74, 6) is 1.18. The SMILES string of the molecule is CCCC(NC)C(=O)NC1CC[C@H]2CN(Cc3ccc(F)cc3)CC12. The number of hydrogen-bond donors (Lipinski definition) is 2. The lowest BCUT2D eigenvalue weighted by Gasteiger charge is -2.24. The average molecular weight is 347 g/mol. The highest BCUT2D eigenvalue weighted by atomic mass is 19.1. The van der Waals surface area contributed by atoms with Crippen LogP contribution in [0.4, 0.5) is 4.39 Å². The Morgan fingerprint density at radius 2 is 2.04 bits per heavy atom. The van der Waals surface area contributed by atoms with Crippen molar-refractivity contribution in [1.82, 2.24) is 15.5 Å². The molecule has 3 unspecified atom stereocenters. The Labute approximate surface area is 150 Å². The van der Waals surface area contributed by atoms with Crippen LogP contribution in [0.1, 0.15) is 38.2 Å². The zero-order chi connectivity index (χ0) is 17.8. The van der Waals surface area contributed by atoms with Crippen LogP contribution in [-0.4, -0.2) is 43.0 Å². The Kier molecular flexibility index (Phi) is 6.07. The normalized spacial score (nSPS) is 27.2. The highest BCUT2D eigenvalue weighted by molar-refractivity contribution is 5.82. The second kappa shape index (κ2) is 8.28. The average Bonchev–Trinajstić information content (AvgIpc) is 3.16. The second-order valence-electron chi connectivity index (χ2n) is 7.57. The molecule has 3 rings (SSSR count). The van der Waals surface area contributed by atoms with E-state index in [2.05, 4.69) is 22.5 Å². The number of benzene rings is 1. The summed E-state index contributed by atoms with van der Waals surface area (Å²) in [7, 11) is 1.86. The lowest BCUT2D eigenvalue weighted by molar-refractivity contribution is -0.124. The summed E-state index contributed by atoms with van der Waals surface area (Å²) >= 11 is 0. The first-order valence-corrected chi connectivity index (χ1v) is 9.55. The van der Waals surface area contributed by atoms with Crippen molar-refractivity contribution in [1.29, 1.82) is 0 Å². The van der Waals surface area contributed by atoms with Crippen molar-refractivity contribution in [2.45, 2.75) is 51.2 Å². The van der Waals surface area contributed by atoms with E-state index < -0.39 is 0 Å². The molecule has 25 heavy (non-hydrogen) atoms. The summed E-state index contributed by atoms with van der Waals surface area (Å²) in [6, 6.07) is 7.00. The highest BCUT2D eigenvalue weighted by Gasteiger charge is 2.43. The Morgan fingerprint density at radius 3 is 2.72 bits per heavy atom. The number of likely N-dealkylation sites (tertiary alicyclic amines) is 1. The van der Waals surface area contributed by atoms with Gasteiger partial charge in [-0.25, -0.2) is 4.39 Å². The number of nitrogens with zero attached hydrogens (tertiary/aromatic N) is 1. The predicted molar refractivity (Wildman–Crippen MR) is 97.6 cm³/mol. The number of likely N-dealkylation sites (N-methyl/N-ethyl adjacent to an activating group) is 1. The Balaban J connectivity index is 1.54. The minimum Gasteiger partial charge on any atom is -0.352 e. The molecule has 1 aromatic rings. The van der Waals surface area contributed by atoms with Gasteiger partial charge in [0.1, 0.15) is 5.82 Å². The van der Waals surface area contributed by atoms with Crippen molar-refractivity contribution in [3.05, 3.63) is 35.6 Å². The van der Waals surface area contributed by atoms with Gasteiger partial charge >= 0.3 is 0 Å². The lowest BCUT2D eigenvalue weighted by atomic mass is 9.97. The number of amides is 1. The van der Waals surface area contributed by atoms with Gasteiger partial charge in [0.05, 0.1) is 6.04 Å². The summed E-state index contributed by atoms with van der Waals surface area (Å²) in [6.45, 7) is 5.07. The second-order valence-corrected chi connectivity index (χ2v) is 7.57. The standard InChI is InChI=1S/C20H30FN3O/c1-3-4-19(22-2)20(25)23-18-10-7-15-12-24(13-17(15)18)11-14-5-8-16(21)9-6-14/h5-6,8-9,15,17-19,22H,3-4,7,10-13H2,1-2H3,(H,23,25)/t15-,17?,18?,19?/m0/s1. The van der Waals surface area contributed by atoms with Gasteiger partial charge < -0.3 is 10.6 Å². The quantitative estimate of drug-likeness (QED) is 0.797. The Hall–Kier alpha value is -1.46. The summed E-state index contributed by atoms with van der Waals surface area (Å²) < 4.78 is 13.1. The van der Waals surface area contributed by atoms with Crippen molar-refractivity contribution in [2.24, 2.45) is 11.8 Å². The van der Waals surface area contributed by atoms with E-state index in [1.165, 1.54) is 18.6 Å². The summed E-state index contributed by atoms with van der Waals surface area (Å²) in [4.78, 5) is 14.9. The lowest BCUT2D eigenvalue weighted by Crippen LogP contribution is -2.48. The van der Waals surface area contributed by atoms with Crippen LogP contribution >= 0.6 is 0 Å². The van der Waals surface area contributed by atoms with Gasteiger partial charge in [0.15, 0.2) is 0 Å². The third kappa shape index (κ3) is 4.39. The molecule has 5 heteroatoms. The highest BCUT2D eigenvalue weighted by Crippen LogP contribution is 2.38. The molecule has 0 bridgehead atoms. The van der Waals surface area contributed by atoms with Gasteiger partial charge in [-0.1, -0.05) is 25.5 Å². The molecular weight excluding hydrogens is 317 g/mol. The van der Waals surface area contributed by atoms with Gasteiger partial charge in [-0.3, -0.25) is 9.69 Å². The van der Waals surface area contributed by atoms with Crippen molar-refractivity contribution in [2.75, 3.05) is 20.1 Å². The molecule has 0 aromatic heterocycles. The number of fused-ring (bicyclic) bond motifs is 1. The number of halogens is 1. The molecule has 4 nitrogen and oxygen atoms in total. The predicted octanol–water partition coefficient (Wildman–Crippen LogP) is 2.54. The molecule has 0 radical (unpaired) electrons.